The van der Waals surface area contributed by atoms with E-state index in [0.717, 1.165) is 21.2 Å². The maximum absolute atomic E-state index is 5.34. The van der Waals surface area contributed by atoms with E-state index in [9.17, 15) is 0 Å². The first-order chi connectivity index (χ1) is 8.85. The molecule has 0 heterocycles. The summed E-state index contributed by atoms with van der Waals surface area (Å²) in [6, 6.07) is 15.4. The molecule has 0 aliphatic carbocycles. The van der Waals surface area contributed by atoms with Gasteiger partial charge in [0, 0.05) is 12.1 Å². The molecule has 0 aliphatic heterocycles. The van der Waals surface area contributed by atoms with Gasteiger partial charge in [-0.25, -0.2) is 0 Å². The molecule has 2 rings (SSSR count). The first-order valence-corrected chi connectivity index (χ1v) is 7.34. The van der Waals surface area contributed by atoms with Crippen LogP contribution in [0.2, 0.25) is 0 Å². The molecule has 0 saturated carbocycles. The summed E-state index contributed by atoms with van der Waals surface area (Å²) >= 11 is 0. The first kappa shape index (κ1) is 12.6. The van der Waals surface area contributed by atoms with Crippen LogP contribution in [-0.4, -0.2) is 0 Å². The molecule has 2 aromatic carbocycles. The zero-order valence-corrected chi connectivity index (χ0v) is 11.1. The highest BCUT2D eigenvalue weighted by atomic mass is 33.1. The van der Waals surface area contributed by atoms with E-state index in [1.807, 2.05) is 48.5 Å². The van der Waals surface area contributed by atoms with Gasteiger partial charge in [0.1, 0.15) is 9.79 Å². The van der Waals surface area contributed by atoms with Gasteiger partial charge in [-0.05, 0) is 43.4 Å². The van der Waals surface area contributed by atoms with Crippen molar-refractivity contribution < 1.29 is 0 Å². The van der Waals surface area contributed by atoms with E-state index in [1.165, 1.54) is 0 Å². The molecule has 2 nitrogen and oxygen atoms in total. The first-order valence-electron chi connectivity index (χ1n) is 5.19. The highest BCUT2D eigenvalue weighted by molar-refractivity contribution is 8.76. The largest absolute Gasteiger partial charge is 0.354 e. The molecule has 0 atom stereocenters. The van der Waals surface area contributed by atoms with Gasteiger partial charge in [-0.15, -0.1) is 0 Å². The van der Waals surface area contributed by atoms with Gasteiger partial charge < -0.3 is 0 Å². The van der Waals surface area contributed by atoms with Crippen molar-refractivity contribution in [3.63, 3.8) is 0 Å². The fraction of sp³-hybridized carbons (Fsp3) is 0. The van der Waals surface area contributed by atoms with Crippen molar-refractivity contribution in [3.8, 4) is 13.1 Å². The van der Waals surface area contributed by atoms with Crippen LogP contribution in [-0.2, 0) is 0 Å². The quantitative estimate of drug-likeness (QED) is 0.664. The summed E-state index contributed by atoms with van der Waals surface area (Å²) in [6.07, 6.45) is 0. The number of hydrogen-bond acceptors (Lipinski definition) is 2. The highest BCUT2D eigenvalue weighted by Gasteiger charge is 2.14. The molecule has 0 bridgehead atoms. The van der Waals surface area contributed by atoms with Crippen molar-refractivity contribution in [3.05, 3.63) is 58.2 Å². The van der Waals surface area contributed by atoms with Gasteiger partial charge in [-0.2, -0.15) is 0 Å². The van der Waals surface area contributed by atoms with Gasteiger partial charge in [-0.1, -0.05) is 24.3 Å². The number of hydrogen-bond donors (Lipinski definition) is 0. The topological polar surface area (TPSA) is 8.72 Å². The Morgan fingerprint density at radius 2 is 1.06 bits per heavy atom. The van der Waals surface area contributed by atoms with E-state index in [0.29, 0.717) is 0 Å². The van der Waals surface area contributed by atoms with Crippen molar-refractivity contribution in [2.45, 2.75) is 9.79 Å². The van der Waals surface area contributed by atoms with Crippen LogP contribution in [0.5, 0.6) is 0 Å². The lowest BCUT2D eigenvalue weighted by Crippen LogP contribution is -1.71. The third kappa shape index (κ3) is 2.87. The SMILES string of the molecule is C#[N+]c1ccccc1SSc1ccccc1[N+]#C. The Labute approximate surface area is 114 Å². The minimum atomic E-state index is 0.775. The minimum Gasteiger partial charge on any atom is -0.0605 e. The monoisotopic (exact) mass is 270 g/mol. The molecule has 0 N–H and O–H groups in total. The summed E-state index contributed by atoms with van der Waals surface area (Å²) in [6.45, 7) is 10.7. The Morgan fingerprint density at radius 1 is 0.667 bits per heavy atom. The van der Waals surface area contributed by atoms with Gasteiger partial charge in [0.2, 0.25) is 0 Å². The van der Waals surface area contributed by atoms with Crippen LogP contribution in [0.15, 0.2) is 58.3 Å². The Hall–Kier alpha value is -1.88. The van der Waals surface area contributed by atoms with Gasteiger partial charge in [0.05, 0.1) is 0 Å². The summed E-state index contributed by atoms with van der Waals surface area (Å²) in [7, 11) is 3.16. The summed E-state index contributed by atoms with van der Waals surface area (Å²) in [5.74, 6) is 0. The lowest BCUT2D eigenvalue weighted by atomic mass is 10.3. The molecular weight excluding hydrogens is 260 g/mol. The van der Waals surface area contributed by atoms with E-state index >= 15 is 0 Å². The lowest BCUT2D eigenvalue weighted by Gasteiger charge is -1.97. The molecule has 0 amide bonds. The molecule has 2 aromatic rings. The van der Waals surface area contributed by atoms with E-state index in [-0.39, 0.29) is 0 Å². The predicted octanol–water partition coefficient (Wildman–Crippen LogP) is 5.67. The number of rotatable bonds is 3. The lowest BCUT2D eigenvalue weighted by molar-refractivity contribution is 1.49. The van der Waals surface area contributed by atoms with Crippen LogP contribution < -0.4 is 0 Å². The van der Waals surface area contributed by atoms with Crippen molar-refractivity contribution in [2.24, 2.45) is 0 Å². The average molecular weight is 270 g/mol. The smallest absolute Gasteiger partial charge is 0.0605 e. The fourth-order valence-corrected chi connectivity index (χ4v) is 3.60. The zero-order chi connectivity index (χ0) is 12.8. The fourth-order valence-electron chi connectivity index (χ4n) is 1.36. The third-order valence-electron chi connectivity index (χ3n) is 2.23. The Balaban J connectivity index is 2.18. The van der Waals surface area contributed by atoms with Gasteiger partial charge in [-0.3, -0.25) is 0 Å². The molecule has 0 spiro atoms. The van der Waals surface area contributed by atoms with Gasteiger partial charge >= 0.3 is 11.4 Å². The molecule has 0 fully saturated rings. The molecule has 86 valence electrons. The highest BCUT2D eigenvalue weighted by Crippen LogP contribution is 2.44. The van der Waals surface area contributed by atoms with Crippen LogP contribution in [0.1, 0.15) is 0 Å². The number of para-hydroxylation sites is 2. The standard InChI is InChI=1S/C14H10N2S2/c1-15-11-7-3-5-9-13(11)17-18-14-10-6-4-8-12(14)16-2/h1-10H/q+2. The predicted molar refractivity (Wildman–Crippen MR) is 80.5 cm³/mol. The van der Waals surface area contributed by atoms with Crippen molar-refractivity contribution >= 4 is 33.0 Å². The second kappa shape index (κ2) is 6.16. The molecule has 18 heavy (non-hydrogen) atoms. The second-order valence-corrected chi connectivity index (χ2v) is 5.57. The van der Waals surface area contributed by atoms with Crippen molar-refractivity contribution in [1.29, 1.82) is 0 Å². The zero-order valence-electron chi connectivity index (χ0n) is 9.48. The van der Waals surface area contributed by atoms with Crippen LogP contribution >= 0.6 is 21.6 Å². The molecule has 0 aliphatic rings. The van der Waals surface area contributed by atoms with E-state index < -0.39 is 0 Å². The molecule has 4 heteroatoms. The maximum atomic E-state index is 5.34. The number of benzene rings is 2. The Morgan fingerprint density at radius 3 is 1.44 bits per heavy atom. The van der Waals surface area contributed by atoms with Crippen LogP contribution in [0.25, 0.3) is 9.69 Å². The maximum Gasteiger partial charge on any atom is 0.354 e. The normalized spacial score (nSPS) is 9.44. The molecule has 0 unspecified atom stereocenters. The number of nitrogens with zero attached hydrogens (tertiary/aromatic N) is 2. The molecule has 0 radical (unpaired) electrons. The van der Waals surface area contributed by atoms with Crippen LogP contribution in [0.3, 0.4) is 0 Å². The summed E-state index contributed by atoms with van der Waals surface area (Å²) in [5.41, 5.74) is 1.55. The molecular formula is C14H10N2S2+2. The molecule has 0 saturated heterocycles. The van der Waals surface area contributed by atoms with Gasteiger partial charge in [0.25, 0.3) is 13.1 Å². The van der Waals surface area contributed by atoms with E-state index in [1.54, 1.807) is 21.6 Å². The van der Waals surface area contributed by atoms with Crippen LogP contribution in [0, 0.1) is 13.1 Å². The second-order valence-electron chi connectivity index (χ2n) is 3.36. The third-order valence-corrected chi connectivity index (χ3v) is 4.69. The molecule has 0 aromatic heterocycles. The van der Waals surface area contributed by atoms with Crippen molar-refractivity contribution in [2.75, 3.05) is 0 Å². The minimum absolute atomic E-state index is 0.775. The van der Waals surface area contributed by atoms with E-state index in [4.69, 9.17) is 13.1 Å². The van der Waals surface area contributed by atoms with Crippen LogP contribution in [0.4, 0.5) is 11.4 Å². The van der Waals surface area contributed by atoms with Gasteiger partial charge in [0.15, 0.2) is 0 Å². The average Bonchev–Trinajstić information content (AvgIpc) is 2.45. The Kier molecular flexibility index (Phi) is 4.30. The van der Waals surface area contributed by atoms with Crippen molar-refractivity contribution in [1.82, 2.24) is 0 Å². The summed E-state index contributed by atoms with van der Waals surface area (Å²) in [4.78, 5) is 9.51. The van der Waals surface area contributed by atoms with E-state index in [2.05, 4.69) is 9.69 Å². The summed E-state index contributed by atoms with van der Waals surface area (Å²) in [5, 5.41) is 0. The Bertz CT molecular complexity index is 581. The summed E-state index contributed by atoms with van der Waals surface area (Å²) < 4.78 is 0.